The fourth-order valence-corrected chi connectivity index (χ4v) is 9.74. The number of benzene rings is 8. The molecule has 0 atom stereocenters. The van der Waals surface area contributed by atoms with Crippen LogP contribution in [0.1, 0.15) is 0 Å². The zero-order chi connectivity index (χ0) is 35.6. The number of aromatic nitrogens is 1. The van der Waals surface area contributed by atoms with Crippen LogP contribution in [0.3, 0.4) is 0 Å². The van der Waals surface area contributed by atoms with Gasteiger partial charge in [0.05, 0.1) is 15.6 Å². The van der Waals surface area contributed by atoms with Gasteiger partial charge in [-0.3, -0.25) is 0 Å². The van der Waals surface area contributed by atoms with Gasteiger partial charge in [-0.1, -0.05) is 109 Å². The molecule has 54 heavy (non-hydrogen) atoms. The SMILES string of the molecule is c1ccc(-c2ccc(N(c3ccc(-c4ccc5c(c4)oc4ccc6sc(-c7ccccc7)nc6c45)cc3)c3ccc4sc5ccccc5c4c3)cc2)cc1. The third-order valence-corrected chi connectivity index (χ3v) is 12.5. The van der Waals surface area contributed by atoms with Crippen molar-refractivity contribution in [2.75, 3.05) is 4.90 Å². The molecule has 0 bridgehead atoms. The minimum absolute atomic E-state index is 0.860. The van der Waals surface area contributed by atoms with Crippen molar-refractivity contribution in [1.82, 2.24) is 4.98 Å². The molecule has 0 aliphatic carbocycles. The summed E-state index contributed by atoms with van der Waals surface area (Å²) in [5, 5.41) is 5.76. The van der Waals surface area contributed by atoms with Gasteiger partial charge in [0.1, 0.15) is 16.2 Å². The highest BCUT2D eigenvalue weighted by Crippen LogP contribution is 2.43. The molecule has 0 N–H and O–H groups in total. The van der Waals surface area contributed by atoms with Gasteiger partial charge >= 0.3 is 0 Å². The molecule has 0 fully saturated rings. The van der Waals surface area contributed by atoms with Gasteiger partial charge in [0, 0.05) is 48.2 Å². The monoisotopic (exact) mass is 726 g/mol. The zero-order valence-corrected chi connectivity index (χ0v) is 30.6. The minimum atomic E-state index is 0.860. The molecule has 11 aromatic rings. The molecule has 5 heteroatoms. The Hall–Kier alpha value is -6.53. The number of fused-ring (bicyclic) bond motifs is 8. The predicted octanol–water partition coefficient (Wildman–Crippen LogP) is 15.0. The Labute approximate surface area is 319 Å². The first-order valence-corrected chi connectivity index (χ1v) is 19.7. The molecule has 3 nitrogen and oxygen atoms in total. The van der Waals surface area contributed by atoms with Crippen LogP contribution in [0.25, 0.3) is 85.2 Å². The molecule has 0 aliphatic heterocycles. The minimum Gasteiger partial charge on any atom is -0.456 e. The average molecular weight is 727 g/mol. The summed E-state index contributed by atoms with van der Waals surface area (Å²) < 4.78 is 10.2. The van der Waals surface area contributed by atoms with Crippen LogP contribution in [0.2, 0.25) is 0 Å². The number of furan rings is 1. The van der Waals surface area contributed by atoms with Crippen molar-refractivity contribution in [3.05, 3.63) is 182 Å². The topological polar surface area (TPSA) is 29.3 Å². The first kappa shape index (κ1) is 31.0. The number of hydrogen-bond acceptors (Lipinski definition) is 5. The number of hydrogen-bond donors (Lipinski definition) is 0. The molecule has 0 radical (unpaired) electrons. The average Bonchev–Trinajstić information content (AvgIpc) is 3.95. The molecule has 3 aromatic heterocycles. The molecular weight excluding hydrogens is 697 g/mol. The van der Waals surface area contributed by atoms with E-state index < -0.39 is 0 Å². The summed E-state index contributed by atoms with van der Waals surface area (Å²) in [7, 11) is 0. The fraction of sp³-hybridized carbons (Fsp3) is 0. The molecule has 11 rings (SSSR count). The Morgan fingerprint density at radius 3 is 1.74 bits per heavy atom. The van der Waals surface area contributed by atoms with E-state index in [9.17, 15) is 0 Å². The third-order valence-electron chi connectivity index (χ3n) is 10.3. The van der Waals surface area contributed by atoms with Gasteiger partial charge in [0.2, 0.25) is 0 Å². The first-order chi connectivity index (χ1) is 26.7. The quantitative estimate of drug-likeness (QED) is 0.171. The van der Waals surface area contributed by atoms with Crippen LogP contribution in [0.4, 0.5) is 17.1 Å². The Kier molecular flexibility index (Phi) is 7.22. The van der Waals surface area contributed by atoms with E-state index in [1.807, 2.05) is 17.4 Å². The molecule has 0 saturated carbocycles. The molecular formula is C49H30N2OS2. The molecule has 0 unspecified atom stereocenters. The van der Waals surface area contributed by atoms with E-state index in [-0.39, 0.29) is 0 Å². The number of thiophene rings is 1. The summed E-state index contributed by atoms with van der Waals surface area (Å²) in [6.45, 7) is 0. The summed E-state index contributed by atoms with van der Waals surface area (Å²) in [5.41, 5.74) is 11.8. The van der Waals surface area contributed by atoms with Crippen LogP contribution in [-0.2, 0) is 0 Å². The lowest BCUT2D eigenvalue weighted by Gasteiger charge is -2.26. The second-order valence-electron chi connectivity index (χ2n) is 13.6. The van der Waals surface area contributed by atoms with Gasteiger partial charge < -0.3 is 9.32 Å². The summed E-state index contributed by atoms with van der Waals surface area (Å²) in [4.78, 5) is 7.45. The van der Waals surface area contributed by atoms with Crippen LogP contribution in [0.15, 0.2) is 186 Å². The van der Waals surface area contributed by atoms with Crippen molar-refractivity contribution < 1.29 is 4.42 Å². The summed E-state index contributed by atoms with van der Waals surface area (Å²) in [6, 6.07) is 65.0. The lowest BCUT2D eigenvalue weighted by molar-refractivity contribution is 0.669. The fourth-order valence-electron chi connectivity index (χ4n) is 7.67. The van der Waals surface area contributed by atoms with Crippen molar-refractivity contribution in [2.24, 2.45) is 0 Å². The third kappa shape index (κ3) is 5.20. The standard InChI is InChI=1S/C49H30N2OS2/c1-3-9-31(10-4-1)32-15-20-36(21-16-32)51(38-24-27-45-41(30-38)39-13-7-8-14-44(39)53-45)37-22-17-33(18-23-37)35-19-25-40-43(29-35)52-42-26-28-46-48(47(40)42)50-49(54-46)34-11-5-2-6-12-34/h1-30H. The maximum Gasteiger partial charge on any atom is 0.137 e. The van der Waals surface area contributed by atoms with Crippen molar-refractivity contribution in [1.29, 1.82) is 0 Å². The van der Waals surface area contributed by atoms with E-state index in [0.29, 0.717) is 0 Å². The predicted molar refractivity (Wildman–Crippen MR) is 231 cm³/mol. The van der Waals surface area contributed by atoms with E-state index >= 15 is 0 Å². The maximum absolute atomic E-state index is 6.47. The van der Waals surface area contributed by atoms with Crippen molar-refractivity contribution in [2.45, 2.75) is 0 Å². The van der Waals surface area contributed by atoms with Gasteiger partial charge in [-0.05, 0) is 95.1 Å². The number of rotatable bonds is 6. The molecule has 3 heterocycles. The van der Waals surface area contributed by atoms with E-state index in [1.54, 1.807) is 11.3 Å². The van der Waals surface area contributed by atoms with E-state index in [2.05, 4.69) is 181 Å². The molecule has 0 amide bonds. The van der Waals surface area contributed by atoms with Crippen LogP contribution < -0.4 is 4.90 Å². The highest BCUT2D eigenvalue weighted by Gasteiger charge is 2.18. The van der Waals surface area contributed by atoms with Crippen molar-refractivity contribution in [3.8, 4) is 32.8 Å². The highest BCUT2D eigenvalue weighted by atomic mass is 32.1. The number of anilines is 3. The summed E-state index contributed by atoms with van der Waals surface area (Å²) in [6.07, 6.45) is 0. The number of thiazole rings is 1. The summed E-state index contributed by atoms with van der Waals surface area (Å²) in [5.74, 6) is 0. The first-order valence-electron chi connectivity index (χ1n) is 18.0. The van der Waals surface area contributed by atoms with Gasteiger partial charge in [0.25, 0.3) is 0 Å². The molecule has 0 aliphatic rings. The summed E-state index contributed by atoms with van der Waals surface area (Å²) >= 11 is 3.57. The van der Waals surface area contributed by atoms with E-state index in [1.165, 1.54) is 31.3 Å². The van der Waals surface area contributed by atoms with Crippen LogP contribution in [0.5, 0.6) is 0 Å². The highest BCUT2D eigenvalue weighted by molar-refractivity contribution is 7.25. The Balaban J connectivity index is 0.983. The van der Waals surface area contributed by atoms with Gasteiger partial charge in [0.15, 0.2) is 0 Å². The number of nitrogens with zero attached hydrogens (tertiary/aromatic N) is 2. The smallest absolute Gasteiger partial charge is 0.137 e. The Bertz CT molecular complexity index is 3140. The maximum atomic E-state index is 6.47. The van der Waals surface area contributed by atoms with E-state index in [0.717, 1.165) is 70.9 Å². The lowest BCUT2D eigenvalue weighted by Crippen LogP contribution is -2.09. The Morgan fingerprint density at radius 1 is 0.389 bits per heavy atom. The van der Waals surface area contributed by atoms with Crippen LogP contribution >= 0.6 is 22.7 Å². The van der Waals surface area contributed by atoms with Crippen molar-refractivity contribution >= 4 is 92.1 Å². The Morgan fingerprint density at radius 2 is 0.981 bits per heavy atom. The molecule has 0 saturated heterocycles. The van der Waals surface area contributed by atoms with Gasteiger partial charge in [-0.15, -0.1) is 22.7 Å². The van der Waals surface area contributed by atoms with E-state index in [4.69, 9.17) is 9.40 Å². The normalized spacial score (nSPS) is 11.7. The van der Waals surface area contributed by atoms with Gasteiger partial charge in [-0.25, -0.2) is 4.98 Å². The zero-order valence-electron chi connectivity index (χ0n) is 28.9. The lowest BCUT2D eigenvalue weighted by atomic mass is 10.0. The largest absolute Gasteiger partial charge is 0.456 e. The van der Waals surface area contributed by atoms with Crippen LogP contribution in [-0.4, -0.2) is 4.98 Å². The second kappa shape index (κ2) is 12.6. The molecule has 254 valence electrons. The second-order valence-corrected chi connectivity index (χ2v) is 15.7. The van der Waals surface area contributed by atoms with Gasteiger partial charge in [-0.2, -0.15) is 0 Å². The van der Waals surface area contributed by atoms with Crippen molar-refractivity contribution in [3.63, 3.8) is 0 Å². The molecule has 8 aromatic carbocycles. The van der Waals surface area contributed by atoms with Crippen LogP contribution in [0, 0.1) is 0 Å². The molecule has 0 spiro atoms.